The number of methoxy groups -OCH3 is 1. The first-order valence-corrected chi connectivity index (χ1v) is 6.11. The monoisotopic (exact) mass is 224 g/mol. The van der Waals surface area contributed by atoms with Gasteiger partial charge in [0, 0.05) is 0 Å². The summed E-state index contributed by atoms with van der Waals surface area (Å²) in [4.78, 5) is 12.0. The molecular formula is C13H20O3. The van der Waals surface area contributed by atoms with Crippen LogP contribution >= 0.6 is 0 Å². The van der Waals surface area contributed by atoms with Crippen molar-refractivity contribution in [1.82, 2.24) is 0 Å². The fourth-order valence-corrected chi connectivity index (χ4v) is 3.14. The largest absolute Gasteiger partial charge is 0.504 e. The summed E-state index contributed by atoms with van der Waals surface area (Å²) in [6.07, 6.45) is 6.83. The number of fused-ring (bicyclic) bond motifs is 2. The third-order valence-corrected chi connectivity index (χ3v) is 4.00. The molecule has 3 nitrogen and oxygen atoms in total. The van der Waals surface area contributed by atoms with Crippen LogP contribution in [0.25, 0.3) is 0 Å². The van der Waals surface area contributed by atoms with E-state index in [1.807, 2.05) is 13.2 Å². The number of carbonyl (C=O) groups excluding carboxylic acids is 1. The number of rotatable bonds is 3. The highest BCUT2D eigenvalue weighted by atomic mass is 16.5. The first-order chi connectivity index (χ1) is 7.72. The highest BCUT2D eigenvalue weighted by Crippen LogP contribution is 2.54. The average Bonchev–Trinajstić information content (AvgIpc) is 2.64. The fraction of sp³-hybridized carbons (Fsp3) is 0.769. The van der Waals surface area contributed by atoms with Gasteiger partial charge in [0.2, 0.25) is 0 Å². The zero-order chi connectivity index (χ0) is 11.6. The van der Waals surface area contributed by atoms with Gasteiger partial charge in [0.25, 0.3) is 0 Å². The summed E-state index contributed by atoms with van der Waals surface area (Å²) < 4.78 is 10.3. The topological polar surface area (TPSA) is 35.5 Å². The molecule has 0 aromatic carbocycles. The Balaban J connectivity index is 2.08. The summed E-state index contributed by atoms with van der Waals surface area (Å²) in [6.45, 7) is 2.37. The Bertz CT molecular complexity index is 308. The van der Waals surface area contributed by atoms with E-state index in [1.54, 1.807) is 7.11 Å². The van der Waals surface area contributed by atoms with Gasteiger partial charge in [-0.15, -0.1) is 0 Å². The zero-order valence-corrected chi connectivity index (χ0v) is 10.1. The van der Waals surface area contributed by atoms with Crippen molar-refractivity contribution in [3.8, 4) is 0 Å². The van der Waals surface area contributed by atoms with Crippen molar-refractivity contribution >= 4 is 5.97 Å². The van der Waals surface area contributed by atoms with Crippen molar-refractivity contribution < 1.29 is 14.3 Å². The van der Waals surface area contributed by atoms with E-state index in [2.05, 4.69) is 0 Å². The molecule has 0 aliphatic heterocycles. The molecule has 0 N–H and O–H groups in total. The van der Waals surface area contributed by atoms with Crippen molar-refractivity contribution in [2.45, 2.75) is 39.0 Å². The lowest BCUT2D eigenvalue weighted by Gasteiger charge is -2.31. The highest BCUT2D eigenvalue weighted by Gasteiger charge is 2.50. The van der Waals surface area contributed by atoms with E-state index in [-0.39, 0.29) is 11.4 Å². The van der Waals surface area contributed by atoms with Crippen molar-refractivity contribution in [2.75, 3.05) is 13.7 Å². The second kappa shape index (κ2) is 4.48. The van der Waals surface area contributed by atoms with Crippen LogP contribution in [0.15, 0.2) is 11.8 Å². The molecule has 0 saturated heterocycles. The minimum atomic E-state index is -0.175. The molecular weight excluding hydrogens is 204 g/mol. The Kier molecular flexibility index (Phi) is 3.22. The number of carbonyl (C=O) groups is 1. The van der Waals surface area contributed by atoms with Gasteiger partial charge in [0.05, 0.1) is 25.4 Å². The Morgan fingerprint density at radius 2 is 2.38 bits per heavy atom. The summed E-state index contributed by atoms with van der Waals surface area (Å²) in [5.41, 5.74) is 1.20. The summed E-state index contributed by atoms with van der Waals surface area (Å²) in [7, 11) is 1.69. The van der Waals surface area contributed by atoms with Gasteiger partial charge in [-0.3, -0.25) is 4.79 Å². The second-order valence-corrected chi connectivity index (χ2v) is 4.87. The Morgan fingerprint density at radius 3 is 3.06 bits per heavy atom. The van der Waals surface area contributed by atoms with E-state index < -0.39 is 0 Å². The molecule has 2 unspecified atom stereocenters. The van der Waals surface area contributed by atoms with Crippen LogP contribution in [0.1, 0.15) is 39.0 Å². The zero-order valence-electron chi connectivity index (χ0n) is 10.1. The smallest absolute Gasteiger partial charge is 0.312 e. The third kappa shape index (κ3) is 1.83. The minimum Gasteiger partial charge on any atom is -0.504 e. The molecule has 2 bridgehead atoms. The first kappa shape index (κ1) is 11.5. The second-order valence-electron chi connectivity index (χ2n) is 4.87. The predicted molar refractivity (Wildman–Crippen MR) is 60.7 cm³/mol. The summed E-state index contributed by atoms with van der Waals surface area (Å²) in [5.74, 6) is 0.562. The molecule has 2 fully saturated rings. The van der Waals surface area contributed by atoms with E-state index in [0.717, 1.165) is 32.1 Å². The number of hydrogen-bond donors (Lipinski definition) is 0. The standard InChI is InChI=1S/C13H20O3/c1-3-16-12(14)13-6-4-10(8-13)11(5-7-13)9-15-2/h9-10H,3-8H2,1-2H3/b11-9+. The van der Waals surface area contributed by atoms with Gasteiger partial charge in [0.1, 0.15) is 0 Å². The Morgan fingerprint density at radius 1 is 1.56 bits per heavy atom. The predicted octanol–water partition coefficient (Wildman–Crippen LogP) is 2.66. The van der Waals surface area contributed by atoms with Gasteiger partial charge in [0.15, 0.2) is 0 Å². The third-order valence-electron chi connectivity index (χ3n) is 4.00. The van der Waals surface area contributed by atoms with Crippen LogP contribution in [0.2, 0.25) is 0 Å². The molecule has 3 heteroatoms. The molecule has 90 valence electrons. The minimum absolute atomic E-state index is 0.0222. The van der Waals surface area contributed by atoms with Gasteiger partial charge >= 0.3 is 5.97 Å². The van der Waals surface area contributed by atoms with Crippen molar-refractivity contribution in [2.24, 2.45) is 11.3 Å². The van der Waals surface area contributed by atoms with Crippen LogP contribution < -0.4 is 0 Å². The van der Waals surface area contributed by atoms with Gasteiger partial charge in [-0.1, -0.05) is 0 Å². The summed E-state index contributed by atoms with van der Waals surface area (Å²) in [5, 5.41) is 0. The quantitative estimate of drug-likeness (QED) is 0.546. The molecule has 2 atom stereocenters. The number of allylic oxidation sites excluding steroid dienone is 1. The number of hydrogen-bond acceptors (Lipinski definition) is 3. The number of esters is 1. The molecule has 2 aliphatic rings. The maximum atomic E-state index is 12.0. The van der Waals surface area contributed by atoms with E-state index in [9.17, 15) is 4.79 Å². The molecule has 0 spiro atoms. The molecule has 16 heavy (non-hydrogen) atoms. The van der Waals surface area contributed by atoms with E-state index in [0.29, 0.717) is 12.5 Å². The van der Waals surface area contributed by atoms with Crippen LogP contribution in [-0.2, 0) is 14.3 Å². The molecule has 0 heterocycles. The normalized spacial score (nSPS) is 35.1. The number of ether oxygens (including phenoxy) is 2. The molecule has 0 aromatic rings. The van der Waals surface area contributed by atoms with Crippen molar-refractivity contribution in [3.05, 3.63) is 11.8 Å². The van der Waals surface area contributed by atoms with Crippen LogP contribution in [0.3, 0.4) is 0 Å². The SMILES string of the molecule is CCOC(=O)C12CC/C(=C\OC)C(CC1)C2. The van der Waals surface area contributed by atoms with Crippen LogP contribution in [-0.4, -0.2) is 19.7 Å². The highest BCUT2D eigenvalue weighted by molar-refractivity contribution is 5.77. The van der Waals surface area contributed by atoms with Crippen LogP contribution in [0.4, 0.5) is 0 Å². The van der Waals surface area contributed by atoms with Crippen LogP contribution in [0.5, 0.6) is 0 Å². The van der Waals surface area contributed by atoms with E-state index >= 15 is 0 Å². The Hall–Kier alpha value is -0.990. The molecule has 0 amide bonds. The average molecular weight is 224 g/mol. The van der Waals surface area contributed by atoms with Crippen LogP contribution in [0, 0.1) is 11.3 Å². The summed E-state index contributed by atoms with van der Waals surface area (Å²) >= 11 is 0. The lowest BCUT2D eigenvalue weighted by Crippen LogP contribution is -2.33. The molecule has 0 radical (unpaired) electrons. The molecule has 2 rings (SSSR count). The van der Waals surface area contributed by atoms with Gasteiger partial charge in [-0.2, -0.15) is 0 Å². The fourth-order valence-electron chi connectivity index (χ4n) is 3.14. The molecule has 2 saturated carbocycles. The summed E-state index contributed by atoms with van der Waals surface area (Å²) in [6, 6.07) is 0. The maximum absolute atomic E-state index is 12.0. The van der Waals surface area contributed by atoms with E-state index in [4.69, 9.17) is 9.47 Å². The first-order valence-electron chi connectivity index (χ1n) is 6.11. The van der Waals surface area contributed by atoms with Crippen molar-refractivity contribution in [1.29, 1.82) is 0 Å². The lowest BCUT2D eigenvalue weighted by molar-refractivity contribution is -0.156. The van der Waals surface area contributed by atoms with Gasteiger partial charge in [-0.25, -0.2) is 0 Å². The van der Waals surface area contributed by atoms with E-state index in [1.165, 1.54) is 5.57 Å². The van der Waals surface area contributed by atoms with Crippen molar-refractivity contribution in [3.63, 3.8) is 0 Å². The van der Waals surface area contributed by atoms with Gasteiger partial charge in [-0.05, 0) is 50.5 Å². The molecule has 2 aliphatic carbocycles. The van der Waals surface area contributed by atoms with Gasteiger partial charge < -0.3 is 9.47 Å². The maximum Gasteiger partial charge on any atom is 0.312 e. The molecule has 0 aromatic heterocycles. The Labute approximate surface area is 96.8 Å². The lowest BCUT2D eigenvalue weighted by atomic mass is 9.74.